The smallest absolute Gasteiger partial charge is 0.176 e. The van der Waals surface area contributed by atoms with Crippen LogP contribution in [0, 0.1) is 0 Å². The van der Waals surface area contributed by atoms with Gasteiger partial charge in [-0.1, -0.05) is 6.42 Å². The van der Waals surface area contributed by atoms with Crippen LogP contribution >= 0.6 is 0 Å². The number of hydrogen-bond acceptors (Lipinski definition) is 6. The van der Waals surface area contributed by atoms with Gasteiger partial charge < -0.3 is 15.2 Å². The first-order valence-electron chi connectivity index (χ1n) is 9.07. The van der Waals surface area contributed by atoms with Crippen molar-refractivity contribution < 1.29 is 9.47 Å². The Bertz CT molecular complexity index is 956. The molecule has 5 rings (SSSR count). The first-order chi connectivity index (χ1) is 12.7. The molecule has 8 nitrogen and oxygen atoms in total. The van der Waals surface area contributed by atoms with E-state index in [2.05, 4.69) is 10.2 Å². The maximum Gasteiger partial charge on any atom is 0.176 e. The van der Waals surface area contributed by atoms with Crippen LogP contribution in [0.15, 0.2) is 24.7 Å². The van der Waals surface area contributed by atoms with Gasteiger partial charge in [0.1, 0.15) is 5.82 Å². The highest BCUT2D eigenvalue weighted by molar-refractivity contribution is 5.77. The number of nitrogen functional groups attached to an aromatic ring is 1. The zero-order valence-electron chi connectivity index (χ0n) is 14.8. The van der Waals surface area contributed by atoms with Crippen LogP contribution in [0.25, 0.3) is 16.8 Å². The van der Waals surface area contributed by atoms with Crippen LogP contribution in [-0.2, 0) is 16.5 Å². The predicted molar refractivity (Wildman–Crippen MR) is 95.4 cm³/mol. The number of ether oxygens (including phenoxy) is 2. The maximum atomic E-state index is 6.31. The average Bonchev–Trinajstić information content (AvgIpc) is 3.36. The third-order valence-electron chi connectivity index (χ3n) is 5.47. The molecule has 1 unspecified atom stereocenters. The van der Waals surface area contributed by atoms with E-state index in [-0.39, 0.29) is 5.92 Å². The molecule has 8 heteroatoms. The van der Waals surface area contributed by atoms with Gasteiger partial charge in [0.25, 0.3) is 0 Å². The van der Waals surface area contributed by atoms with Gasteiger partial charge in [-0.15, -0.1) is 0 Å². The van der Waals surface area contributed by atoms with Crippen LogP contribution in [0.4, 0.5) is 5.82 Å². The topological polar surface area (TPSA) is 92.5 Å². The van der Waals surface area contributed by atoms with E-state index in [0.717, 1.165) is 48.2 Å². The lowest BCUT2D eigenvalue weighted by atomic mass is 9.81. The van der Waals surface area contributed by atoms with Gasteiger partial charge in [0, 0.05) is 36.9 Å². The SMILES string of the molecule is Cn1cc(-c2cnn3c(N)cc(C4CCCCC45OCCO5)nc23)cn1. The van der Waals surface area contributed by atoms with Crippen molar-refractivity contribution in [3.8, 4) is 11.1 Å². The van der Waals surface area contributed by atoms with Crippen molar-refractivity contribution in [1.29, 1.82) is 0 Å². The second-order valence-electron chi connectivity index (χ2n) is 7.11. The first kappa shape index (κ1) is 15.8. The molecule has 1 saturated heterocycles. The zero-order valence-corrected chi connectivity index (χ0v) is 14.8. The number of anilines is 1. The van der Waals surface area contributed by atoms with Gasteiger partial charge in [-0.2, -0.15) is 14.7 Å². The molecule has 1 saturated carbocycles. The highest BCUT2D eigenvalue weighted by atomic mass is 16.7. The van der Waals surface area contributed by atoms with Crippen LogP contribution in [0.5, 0.6) is 0 Å². The molecular formula is C18H22N6O2. The minimum absolute atomic E-state index is 0.0858. The van der Waals surface area contributed by atoms with Crippen molar-refractivity contribution in [3.05, 3.63) is 30.4 Å². The van der Waals surface area contributed by atoms with Crippen molar-refractivity contribution in [2.75, 3.05) is 18.9 Å². The molecule has 0 bridgehead atoms. The van der Waals surface area contributed by atoms with Gasteiger partial charge in [-0.3, -0.25) is 4.68 Å². The lowest BCUT2D eigenvalue weighted by Crippen LogP contribution is -2.40. The summed E-state index contributed by atoms with van der Waals surface area (Å²) in [5, 5.41) is 8.66. The summed E-state index contributed by atoms with van der Waals surface area (Å²) in [6.45, 7) is 1.28. The molecule has 4 heterocycles. The Morgan fingerprint density at radius 1 is 1.19 bits per heavy atom. The number of aryl methyl sites for hydroxylation is 1. The zero-order chi connectivity index (χ0) is 17.7. The summed E-state index contributed by atoms with van der Waals surface area (Å²) in [5.41, 5.74) is 9.86. The number of nitrogens with zero attached hydrogens (tertiary/aromatic N) is 5. The molecule has 1 atom stereocenters. The van der Waals surface area contributed by atoms with Crippen LogP contribution in [0.2, 0.25) is 0 Å². The van der Waals surface area contributed by atoms with E-state index in [9.17, 15) is 0 Å². The summed E-state index contributed by atoms with van der Waals surface area (Å²) in [7, 11) is 1.89. The molecule has 0 radical (unpaired) electrons. The minimum atomic E-state index is -0.551. The Morgan fingerprint density at radius 3 is 2.81 bits per heavy atom. The van der Waals surface area contributed by atoms with Gasteiger partial charge in [0.2, 0.25) is 0 Å². The highest BCUT2D eigenvalue weighted by Gasteiger charge is 2.47. The Labute approximate surface area is 150 Å². The molecule has 2 fully saturated rings. The van der Waals surface area contributed by atoms with Crippen molar-refractivity contribution in [1.82, 2.24) is 24.4 Å². The highest BCUT2D eigenvalue weighted by Crippen LogP contribution is 2.46. The largest absolute Gasteiger partial charge is 0.384 e. The molecule has 1 aliphatic heterocycles. The molecule has 3 aromatic rings. The van der Waals surface area contributed by atoms with Crippen molar-refractivity contribution >= 4 is 11.5 Å². The lowest BCUT2D eigenvalue weighted by Gasteiger charge is -2.39. The van der Waals surface area contributed by atoms with E-state index in [4.69, 9.17) is 20.2 Å². The van der Waals surface area contributed by atoms with E-state index in [1.54, 1.807) is 15.4 Å². The fourth-order valence-electron chi connectivity index (χ4n) is 4.25. The maximum absolute atomic E-state index is 6.31. The van der Waals surface area contributed by atoms with E-state index >= 15 is 0 Å². The Hall–Kier alpha value is -2.45. The monoisotopic (exact) mass is 354 g/mol. The summed E-state index contributed by atoms with van der Waals surface area (Å²) in [6.07, 6.45) is 9.69. The van der Waals surface area contributed by atoms with Crippen LogP contribution < -0.4 is 5.73 Å². The number of nitrogens with two attached hydrogens (primary N) is 1. The first-order valence-corrected chi connectivity index (χ1v) is 9.07. The minimum Gasteiger partial charge on any atom is -0.384 e. The fourth-order valence-corrected chi connectivity index (χ4v) is 4.25. The van der Waals surface area contributed by atoms with Crippen molar-refractivity contribution in [2.45, 2.75) is 37.4 Å². The van der Waals surface area contributed by atoms with Crippen LogP contribution in [-0.4, -0.2) is 43.4 Å². The van der Waals surface area contributed by atoms with Crippen molar-refractivity contribution in [3.63, 3.8) is 0 Å². The molecule has 1 spiro atoms. The Kier molecular flexibility index (Phi) is 3.51. The summed E-state index contributed by atoms with van der Waals surface area (Å²) in [5.74, 6) is 0.103. The van der Waals surface area contributed by atoms with Crippen LogP contribution in [0.3, 0.4) is 0 Å². The fraction of sp³-hybridized carbons (Fsp3) is 0.500. The summed E-state index contributed by atoms with van der Waals surface area (Å²) >= 11 is 0. The predicted octanol–water partition coefficient (Wildman–Crippen LogP) is 2.11. The van der Waals surface area contributed by atoms with Crippen molar-refractivity contribution in [2.24, 2.45) is 7.05 Å². The normalized spacial score (nSPS) is 22.4. The van der Waals surface area contributed by atoms with Gasteiger partial charge >= 0.3 is 0 Å². The molecule has 136 valence electrons. The molecule has 2 aliphatic rings. The molecule has 1 aliphatic carbocycles. The van der Waals surface area contributed by atoms with E-state index in [1.807, 2.05) is 25.5 Å². The summed E-state index contributed by atoms with van der Waals surface area (Å²) in [4.78, 5) is 4.95. The average molecular weight is 354 g/mol. The Morgan fingerprint density at radius 2 is 2.04 bits per heavy atom. The second-order valence-corrected chi connectivity index (χ2v) is 7.11. The molecule has 0 amide bonds. The van der Waals surface area contributed by atoms with Gasteiger partial charge in [-0.25, -0.2) is 4.98 Å². The molecule has 0 aromatic carbocycles. The second kappa shape index (κ2) is 5.78. The quantitative estimate of drug-likeness (QED) is 0.758. The third kappa shape index (κ3) is 2.33. The summed E-state index contributed by atoms with van der Waals surface area (Å²) in [6, 6.07) is 1.91. The third-order valence-corrected chi connectivity index (χ3v) is 5.47. The number of rotatable bonds is 2. The van der Waals surface area contributed by atoms with E-state index < -0.39 is 5.79 Å². The molecular weight excluding hydrogens is 332 g/mol. The number of aromatic nitrogens is 5. The Balaban J connectivity index is 1.64. The van der Waals surface area contributed by atoms with Gasteiger partial charge in [-0.05, 0) is 12.8 Å². The lowest BCUT2D eigenvalue weighted by molar-refractivity contribution is -0.191. The van der Waals surface area contributed by atoms with Gasteiger partial charge in [0.05, 0.1) is 37.2 Å². The number of hydrogen-bond donors (Lipinski definition) is 1. The molecule has 26 heavy (non-hydrogen) atoms. The van der Waals surface area contributed by atoms with Crippen LogP contribution in [0.1, 0.15) is 37.3 Å². The van der Waals surface area contributed by atoms with Gasteiger partial charge in [0.15, 0.2) is 11.4 Å². The molecule has 2 N–H and O–H groups in total. The van der Waals surface area contributed by atoms with E-state index in [0.29, 0.717) is 19.0 Å². The summed E-state index contributed by atoms with van der Waals surface area (Å²) < 4.78 is 15.6. The van der Waals surface area contributed by atoms with E-state index in [1.165, 1.54) is 0 Å². The number of fused-ring (bicyclic) bond motifs is 1. The molecule has 3 aromatic heterocycles. The standard InChI is InChI=1S/C18H22N6O2/c1-23-11-12(9-20-23)13-10-21-24-16(19)8-15(22-17(13)24)14-4-2-3-5-18(14)25-6-7-26-18/h8-11,14H,2-7,19H2,1H3.